The Balaban J connectivity index is 1.90. The number of hydrogen-bond donors (Lipinski definition) is 1. The van der Waals surface area contributed by atoms with Crippen molar-refractivity contribution in [1.82, 2.24) is 15.3 Å². The largest absolute Gasteiger partial charge is 0.350 e. The summed E-state index contributed by atoms with van der Waals surface area (Å²) in [5, 5.41) is 4.07. The highest BCUT2D eigenvalue weighted by atomic mass is 35.5. The number of halogens is 1. The van der Waals surface area contributed by atoms with Crippen molar-refractivity contribution in [2.45, 2.75) is 43.7 Å². The van der Waals surface area contributed by atoms with Crippen LogP contribution in [0, 0.1) is 0 Å². The number of rotatable bonds is 8. The Labute approximate surface area is 177 Å². The molecule has 0 saturated carbocycles. The first-order chi connectivity index (χ1) is 13.6. The fourth-order valence-electron chi connectivity index (χ4n) is 3.61. The molecule has 7 heteroatoms. The molecule has 1 fully saturated rings. The summed E-state index contributed by atoms with van der Waals surface area (Å²) in [6, 6.07) is 10.8. The van der Waals surface area contributed by atoms with Crippen LogP contribution in [0.2, 0.25) is 5.15 Å². The number of thioether (sulfide) groups is 1. The molecule has 1 aromatic carbocycles. The summed E-state index contributed by atoms with van der Waals surface area (Å²) >= 11 is 8.24. The molecule has 2 heterocycles. The van der Waals surface area contributed by atoms with Gasteiger partial charge in [-0.3, -0.25) is 0 Å². The normalized spacial score (nSPS) is 17.0. The van der Waals surface area contributed by atoms with E-state index in [0.29, 0.717) is 17.1 Å². The molecule has 5 nitrogen and oxygen atoms in total. The van der Waals surface area contributed by atoms with E-state index in [1.165, 1.54) is 18.4 Å². The Kier molecular flexibility index (Phi) is 7.82. The number of unbranched alkanes of at least 4 members (excludes halogenated alkanes) is 1. The fourth-order valence-corrected chi connectivity index (χ4v) is 4.56. The van der Waals surface area contributed by atoms with Crippen LogP contribution in [0.1, 0.15) is 31.7 Å². The van der Waals surface area contributed by atoms with Crippen molar-refractivity contribution in [2.24, 2.45) is 0 Å². The van der Waals surface area contributed by atoms with E-state index < -0.39 is 0 Å². The van der Waals surface area contributed by atoms with Gasteiger partial charge in [-0.1, -0.05) is 61.7 Å². The maximum Gasteiger partial charge on any atom is 0.228 e. The van der Waals surface area contributed by atoms with Crippen molar-refractivity contribution < 1.29 is 0 Å². The minimum atomic E-state index is 0.442. The van der Waals surface area contributed by atoms with Crippen LogP contribution < -0.4 is 15.1 Å². The Morgan fingerprint density at radius 2 is 2.07 bits per heavy atom. The van der Waals surface area contributed by atoms with E-state index in [1.54, 1.807) is 11.8 Å². The zero-order valence-corrected chi connectivity index (χ0v) is 18.6. The third kappa shape index (κ3) is 5.10. The van der Waals surface area contributed by atoms with Gasteiger partial charge in [0.2, 0.25) is 5.95 Å². The SMILES string of the molecule is CCCCC1CNCCN1c1nc(N(C)Cc2ccccc2)nc(Cl)c1SC. The number of benzene rings is 1. The van der Waals surface area contributed by atoms with Crippen LogP contribution >= 0.6 is 23.4 Å². The minimum Gasteiger partial charge on any atom is -0.350 e. The van der Waals surface area contributed by atoms with Gasteiger partial charge in [0.25, 0.3) is 0 Å². The molecule has 1 atom stereocenters. The molecule has 1 saturated heterocycles. The summed E-state index contributed by atoms with van der Waals surface area (Å²) < 4.78 is 0. The summed E-state index contributed by atoms with van der Waals surface area (Å²) in [7, 11) is 2.02. The van der Waals surface area contributed by atoms with Gasteiger partial charge in [0.1, 0.15) is 11.0 Å². The average molecular weight is 420 g/mol. The number of hydrogen-bond acceptors (Lipinski definition) is 6. The second-order valence-electron chi connectivity index (χ2n) is 7.21. The Morgan fingerprint density at radius 1 is 1.29 bits per heavy atom. The Morgan fingerprint density at radius 3 is 2.79 bits per heavy atom. The molecule has 1 aliphatic rings. The molecule has 0 radical (unpaired) electrons. The molecular weight excluding hydrogens is 390 g/mol. The van der Waals surface area contributed by atoms with Crippen molar-refractivity contribution in [1.29, 1.82) is 0 Å². The molecule has 0 aliphatic carbocycles. The summed E-state index contributed by atoms with van der Waals surface area (Å²) in [5.74, 6) is 1.65. The Hall–Kier alpha value is -1.50. The van der Waals surface area contributed by atoms with Crippen LogP contribution in [-0.2, 0) is 6.54 Å². The maximum absolute atomic E-state index is 6.61. The molecule has 0 bridgehead atoms. The summed E-state index contributed by atoms with van der Waals surface area (Å²) in [5.41, 5.74) is 1.23. The van der Waals surface area contributed by atoms with E-state index in [-0.39, 0.29) is 0 Å². The smallest absolute Gasteiger partial charge is 0.228 e. The van der Waals surface area contributed by atoms with Crippen LogP contribution in [-0.4, -0.2) is 48.9 Å². The molecule has 0 spiro atoms. The average Bonchev–Trinajstić information content (AvgIpc) is 2.72. The first kappa shape index (κ1) is 21.2. The molecule has 1 N–H and O–H groups in total. The molecule has 1 aromatic heterocycles. The summed E-state index contributed by atoms with van der Waals surface area (Å²) in [6.45, 7) is 5.89. The van der Waals surface area contributed by atoms with Gasteiger partial charge in [-0.15, -0.1) is 11.8 Å². The van der Waals surface area contributed by atoms with Gasteiger partial charge in [0, 0.05) is 39.3 Å². The predicted octanol–water partition coefficient (Wildman–Crippen LogP) is 4.46. The van der Waals surface area contributed by atoms with Crippen LogP contribution in [0.5, 0.6) is 0 Å². The fraction of sp³-hybridized carbons (Fsp3) is 0.524. The lowest BCUT2D eigenvalue weighted by Gasteiger charge is -2.38. The van der Waals surface area contributed by atoms with E-state index in [9.17, 15) is 0 Å². The highest BCUT2D eigenvalue weighted by molar-refractivity contribution is 7.98. The molecule has 1 aliphatic heterocycles. The molecule has 0 amide bonds. The van der Waals surface area contributed by atoms with Crippen molar-refractivity contribution in [3.63, 3.8) is 0 Å². The van der Waals surface area contributed by atoms with Gasteiger partial charge in [0.05, 0.1) is 4.90 Å². The van der Waals surface area contributed by atoms with Gasteiger partial charge >= 0.3 is 0 Å². The van der Waals surface area contributed by atoms with Crippen LogP contribution in [0.4, 0.5) is 11.8 Å². The maximum atomic E-state index is 6.61. The van der Waals surface area contributed by atoms with E-state index in [4.69, 9.17) is 16.6 Å². The molecule has 3 rings (SSSR count). The zero-order chi connectivity index (χ0) is 19.9. The second-order valence-corrected chi connectivity index (χ2v) is 8.38. The van der Waals surface area contributed by atoms with Crippen LogP contribution in [0.15, 0.2) is 35.2 Å². The van der Waals surface area contributed by atoms with Gasteiger partial charge in [-0.2, -0.15) is 9.97 Å². The van der Waals surface area contributed by atoms with E-state index in [2.05, 4.69) is 51.3 Å². The third-order valence-corrected chi connectivity index (χ3v) is 6.29. The zero-order valence-electron chi connectivity index (χ0n) is 17.0. The van der Waals surface area contributed by atoms with Gasteiger partial charge in [-0.25, -0.2) is 0 Å². The molecule has 1 unspecified atom stereocenters. The summed E-state index contributed by atoms with van der Waals surface area (Å²) in [6.07, 6.45) is 5.63. The molecule has 152 valence electrons. The van der Waals surface area contributed by atoms with E-state index in [0.717, 1.165) is 43.3 Å². The van der Waals surface area contributed by atoms with Crippen molar-refractivity contribution in [3.05, 3.63) is 41.0 Å². The number of nitrogens with one attached hydrogen (secondary N) is 1. The quantitative estimate of drug-likeness (QED) is 0.503. The third-order valence-electron chi connectivity index (χ3n) is 5.12. The molecule has 28 heavy (non-hydrogen) atoms. The van der Waals surface area contributed by atoms with Crippen LogP contribution in [0.3, 0.4) is 0 Å². The number of piperazine rings is 1. The second kappa shape index (κ2) is 10.3. The monoisotopic (exact) mass is 419 g/mol. The number of nitrogens with zero attached hydrogens (tertiary/aromatic N) is 4. The highest BCUT2D eigenvalue weighted by Gasteiger charge is 2.27. The molecule has 2 aromatic rings. The first-order valence-corrected chi connectivity index (χ1v) is 11.6. The van der Waals surface area contributed by atoms with Gasteiger partial charge in [-0.05, 0) is 18.2 Å². The van der Waals surface area contributed by atoms with Crippen molar-refractivity contribution in [3.8, 4) is 0 Å². The lowest BCUT2D eigenvalue weighted by Crippen LogP contribution is -2.52. The van der Waals surface area contributed by atoms with Gasteiger partial charge in [0.15, 0.2) is 0 Å². The minimum absolute atomic E-state index is 0.442. The van der Waals surface area contributed by atoms with Crippen molar-refractivity contribution in [2.75, 3.05) is 42.7 Å². The predicted molar refractivity (Wildman–Crippen MR) is 121 cm³/mol. The van der Waals surface area contributed by atoms with E-state index in [1.807, 2.05) is 19.4 Å². The summed E-state index contributed by atoms with van der Waals surface area (Å²) in [4.78, 5) is 15.1. The highest BCUT2D eigenvalue weighted by Crippen LogP contribution is 2.36. The van der Waals surface area contributed by atoms with E-state index >= 15 is 0 Å². The lowest BCUT2D eigenvalue weighted by molar-refractivity contribution is 0.438. The lowest BCUT2D eigenvalue weighted by atomic mass is 10.1. The molecular formula is C21H30ClN5S. The van der Waals surface area contributed by atoms with Crippen LogP contribution in [0.25, 0.3) is 0 Å². The van der Waals surface area contributed by atoms with Gasteiger partial charge < -0.3 is 15.1 Å². The number of aromatic nitrogens is 2. The standard InChI is InChI=1S/C21H30ClN5S/c1-4-5-11-17-14-23-12-13-27(17)20-18(28-3)19(22)24-21(25-20)26(2)15-16-9-7-6-8-10-16/h6-10,17,23H,4-5,11-15H2,1-3H3. The first-order valence-electron chi connectivity index (χ1n) is 9.98. The number of anilines is 2. The topological polar surface area (TPSA) is 44.3 Å². The Bertz CT molecular complexity index is 758. The van der Waals surface area contributed by atoms with Crippen molar-refractivity contribution >= 4 is 35.1 Å².